The highest BCUT2D eigenvalue weighted by Gasteiger charge is 2.51. The smallest absolute Gasteiger partial charge is 0.410 e. The molecule has 3 aromatic rings. The first-order chi connectivity index (χ1) is 21.2. The van der Waals surface area contributed by atoms with E-state index in [0.717, 1.165) is 22.3 Å². The highest BCUT2D eigenvalue weighted by Crippen LogP contribution is 2.44. The number of carbonyl (C=O) groups is 3. The summed E-state index contributed by atoms with van der Waals surface area (Å²) in [5, 5.41) is 0. The minimum absolute atomic E-state index is 0.117. The van der Waals surface area contributed by atoms with E-state index < -0.39 is 42.4 Å². The summed E-state index contributed by atoms with van der Waals surface area (Å²) >= 11 is 0. The van der Waals surface area contributed by atoms with Crippen LogP contribution >= 0.6 is 0 Å². The van der Waals surface area contributed by atoms with Gasteiger partial charge in [-0.3, -0.25) is 14.6 Å². The number of esters is 1. The molecule has 1 aliphatic heterocycles. The lowest BCUT2D eigenvalue weighted by Crippen LogP contribution is -2.56. The lowest BCUT2D eigenvalue weighted by Gasteiger charge is -2.37. The van der Waals surface area contributed by atoms with Crippen LogP contribution in [-0.2, 0) is 23.8 Å². The van der Waals surface area contributed by atoms with Crippen LogP contribution in [-0.4, -0.2) is 73.8 Å². The molecular formula is C35H40N2O7. The van der Waals surface area contributed by atoms with Gasteiger partial charge < -0.3 is 18.9 Å². The molecule has 0 unspecified atom stereocenters. The Bertz CT molecular complexity index is 1460. The molecule has 5 rings (SSSR count). The van der Waals surface area contributed by atoms with Crippen molar-refractivity contribution in [1.82, 2.24) is 9.80 Å². The van der Waals surface area contributed by atoms with Crippen molar-refractivity contribution in [3.05, 3.63) is 89.5 Å². The molecule has 232 valence electrons. The number of likely N-dealkylation sites (N-methyl/N-ethyl adjacent to an activating group) is 1. The Kier molecular flexibility index (Phi) is 9.25. The van der Waals surface area contributed by atoms with Crippen molar-refractivity contribution in [2.45, 2.75) is 57.5 Å². The Hall–Kier alpha value is -4.37. The fourth-order valence-corrected chi connectivity index (χ4v) is 6.38. The first-order valence-electron chi connectivity index (χ1n) is 15.0. The lowest BCUT2D eigenvalue weighted by molar-refractivity contribution is -0.156. The van der Waals surface area contributed by atoms with Crippen LogP contribution in [0.4, 0.5) is 4.79 Å². The van der Waals surface area contributed by atoms with E-state index in [9.17, 15) is 14.4 Å². The Labute approximate surface area is 258 Å². The van der Waals surface area contributed by atoms with Crippen molar-refractivity contribution < 1.29 is 33.3 Å². The maximum Gasteiger partial charge on any atom is 0.410 e. The molecule has 2 aliphatic rings. The van der Waals surface area contributed by atoms with Gasteiger partial charge in [-0.05, 0) is 47.2 Å². The maximum absolute atomic E-state index is 14.5. The first kappa shape index (κ1) is 31.1. The highest BCUT2D eigenvalue weighted by atomic mass is 16.6. The molecule has 44 heavy (non-hydrogen) atoms. The van der Waals surface area contributed by atoms with Crippen LogP contribution in [0, 0.1) is 5.92 Å². The second-order valence-electron chi connectivity index (χ2n) is 11.4. The van der Waals surface area contributed by atoms with Crippen molar-refractivity contribution in [2.75, 3.05) is 27.9 Å². The minimum atomic E-state index is -0.998. The van der Waals surface area contributed by atoms with E-state index in [-0.39, 0.29) is 18.4 Å². The topological polar surface area (TPSA) is 94.6 Å². The van der Waals surface area contributed by atoms with E-state index in [1.54, 1.807) is 45.3 Å². The molecule has 9 heteroatoms. The Balaban J connectivity index is 1.41. The molecule has 1 aliphatic carbocycles. The molecule has 0 N–H and O–H groups in total. The van der Waals surface area contributed by atoms with Crippen LogP contribution < -0.4 is 4.74 Å². The summed E-state index contributed by atoms with van der Waals surface area (Å²) < 4.78 is 22.5. The fourth-order valence-electron chi connectivity index (χ4n) is 6.38. The second-order valence-corrected chi connectivity index (χ2v) is 11.4. The monoisotopic (exact) mass is 600 g/mol. The van der Waals surface area contributed by atoms with Crippen LogP contribution in [0.1, 0.15) is 56.0 Å². The number of ether oxygens (including phenoxy) is 4. The molecule has 0 bridgehead atoms. The highest BCUT2D eigenvalue weighted by molar-refractivity contribution is 5.91. The Morgan fingerprint density at radius 1 is 0.932 bits per heavy atom. The summed E-state index contributed by atoms with van der Waals surface area (Å²) in [7, 11) is 4.43. The number of nitrogens with zero attached hydrogens (tertiary/aromatic N) is 2. The number of amides is 2. The van der Waals surface area contributed by atoms with Crippen molar-refractivity contribution in [2.24, 2.45) is 5.92 Å². The Morgan fingerprint density at radius 2 is 1.52 bits per heavy atom. The van der Waals surface area contributed by atoms with Gasteiger partial charge in [0.25, 0.3) is 0 Å². The van der Waals surface area contributed by atoms with Gasteiger partial charge in [-0.25, -0.2) is 9.59 Å². The van der Waals surface area contributed by atoms with Gasteiger partial charge in [0.1, 0.15) is 18.4 Å². The molecule has 3 aromatic carbocycles. The number of hydrogen-bond acceptors (Lipinski definition) is 7. The standard InChI is InChI=1S/C35H40N2O7/c1-7-21(2)30(32(38)37-31(34(39)42-6)22(3)44-33(37)23-16-18-24(41-5)19-17-23)36(4)35(40)43-20-29-27-14-10-8-12-25(27)26-13-9-11-15-28(26)29/h8-19,21-22,29-31,33H,7,20H2,1-6H3/t21-,22+,30-,31-,33-/m0/s1. The number of hydrogen-bond donors (Lipinski definition) is 0. The summed E-state index contributed by atoms with van der Waals surface area (Å²) in [4.78, 5) is 44.0. The van der Waals surface area contributed by atoms with E-state index >= 15 is 0 Å². The van der Waals surface area contributed by atoms with Crippen molar-refractivity contribution in [3.8, 4) is 16.9 Å². The Morgan fingerprint density at radius 3 is 2.07 bits per heavy atom. The van der Waals surface area contributed by atoms with Crippen LogP contribution in [0.15, 0.2) is 72.8 Å². The molecule has 2 amide bonds. The number of rotatable bonds is 9. The average Bonchev–Trinajstić information content (AvgIpc) is 3.57. The lowest BCUT2D eigenvalue weighted by atomic mass is 9.95. The summed E-state index contributed by atoms with van der Waals surface area (Å²) in [6.07, 6.45) is -1.52. The molecule has 0 spiro atoms. The summed E-state index contributed by atoms with van der Waals surface area (Å²) in [6.45, 7) is 5.73. The molecule has 5 atom stereocenters. The van der Waals surface area contributed by atoms with Crippen molar-refractivity contribution >= 4 is 18.0 Å². The zero-order valence-electron chi connectivity index (χ0n) is 26.1. The number of fused-ring (bicyclic) bond motifs is 3. The molecule has 1 heterocycles. The first-order valence-corrected chi connectivity index (χ1v) is 15.0. The van der Waals surface area contributed by atoms with Gasteiger partial charge in [0.15, 0.2) is 12.3 Å². The third-order valence-corrected chi connectivity index (χ3v) is 8.92. The number of methoxy groups -OCH3 is 2. The molecule has 0 aromatic heterocycles. The van der Waals surface area contributed by atoms with Gasteiger partial charge in [-0.1, -0.05) is 80.9 Å². The van der Waals surface area contributed by atoms with Gasteiger partial charge >= 0.3 is 12.1 Å². The summed E-state index contributed by atoms with van der Waals surface area (Å²) in [5.41, 5.74) is 5.14. The minimum Gasteiger partial charge on any atom is -0.497 e. The molecule has 0 saturated carbocycles. The van der Waals surface area contributed by atoms with Gasteiger partial charge in [0.2, 0.25) is 5.91 Å². The summed E-state index contributed by atoms with van der Waals surface area (Å²) in [5.74, 6) is -0.730. The summed E-state index contributed by atoms with van der Waals surface area (Å²) in [6, 6.07) is 21.5. The van der Waals surface area contributed by atoms with Crippen LogP contribution in [0.2, 0.25) is 0 Å². The van der Waals surface area contributed by atoms with Crippen molar-refractivity contribution in [3.63, 3.8) is 0 Å². The normalized spacial score (nSPS) is 20.3. The zero-order valence-corrected chi connectivity index (χ0v) is 26.1. The molecule has 9 nitrogen and oxygen atoms in total. The van der Waals surface area contributed by atoms with Crippen LogP contribution in [0.3, 0.4) is 0 Å². The van der Waals surface area contributed by atoms with E-state index in [1.165, 1.54) is 16.9 Å². The predicted molar refractivity (Wildman–Crippen MR) is 165 cm³/mol. The maximum atomic E-state index is 14.5. The van der Waals surface area contributed by atoms with Crippen LogP contribution in [0.5, 0.6) is 5.75 Å². The van der Waals surface area contributed by atoms with E-state index in [0.29, 0.717) is 17.7 Å². The van der Waals surface area contributed by atoms with Gasteiger partial charge in [0.05, 0.1) is 20.3 Å². The molecule has 0 radical (unpaired) electrons. The van der Waals surface area contributed by atoms with E-state index in [2.05, 4.69) is 24.3 Å². The third-order valence-electron chi connectivity index (χ3n) is 8.92. The van der Waals surface area contributed by atoms with Gasteiger partial charge in [0, 0.05) is 18.5 Å². The second kappa shape index (κ2) is 13.1. The zero-order chi connectivity index (χ0) is 31.5. The van der Waals surface area contributed by atoms with E-state index in [4.69, 9.17) is 18.9 Å². The molecule has 1 saturated heterocycles. The quantitative estimate of drug-likeness (QED) is 0.288. The SMILES string of the molecule is CC[C@H](C)[C@@H](C(=O)N1[C@H](C(=O)OC)[C@@H](C)O[C@H]1c1ccc(OC)cc1)N(C)C(=O)OCC1c2ccccc2-c2ccccc21. The molecular weight excluding hydrogens is 560 g/mol. The fraction of sp³-hybridized carbons (Fsp3) is 0.400. The average molecular weight is 601 g/mol. The predicted octanol–water partition coefficient (Wildman–Crippen LogP) is 5.78. The number of carbonyl (C=O) groups excluding carboxylic acids is 3. The third kappa shape index (κ3) is 5.64. The molecule has 1 fully saturated rings. The van der Waals surface area contributed by atoms with E-state index in [1.807, 2.05) is 38.1 Å². The van der Waals surface area contributed by atoms with Crippen molar-refractivity contribution in [1.29, 1.82) is 0 Å². The largest absolute Gasteiger partial charge is 0.497 e. The van der Waals surface area contributed by atoms with Gasteiger partial charge in [-0.2, -0.15) is 0 Å². The van der Waals surface area contributed by atoms with Gasteiger partial charge in [-0.15, -0.1) is 0 Å². The number of benzene rings is 3. The van der Waals surface area contributed by atoms with Crippen LogP contribution in [0.25, 0.3) is 11.1 Å².